The topological polar surface area (TPSA) is 0 Å². The summed E-state index contributed by atoms with van der Waals surface area (Å²) in [4.78, 5) is 0. The molecular formula is C14H26. The fraction of sp³-hybridized carbons (Fsp3) is 1.00. The fourth-order valence-electron chi connectivity index (χ4n) is 4.29. The van der Waals surface area contributed by atoms with Crippen LogP contribution in [0.3, 0.4) is 0 Å². The van der Waals surface area contributed by atoms with Crippen LogP contribution < -0.4 is 0 Å². The number of fused-ring (bicyclic) bond motifs is 2. The molecule has 2 unspecified atom stereocenters. The van der Waals surface area contributed by atoms with Gasteiger partial charge in [0.1, 0.15) is 0 Å². The van der Waals surface area contributed by atoms with Crippen molar-refractivity contribution in [2.45, 2.75) is 54.4 Å². The van der Waals surface area contributed by atoms with Crippen LogP contribution in [0.15, 0.2) is 0 Å². The highest BCUT2D eigenvalue weighted by atomic mass is 14.6. The Bertz CT molecular complexity index is 231. The summed E-state index contributed by atoms with van der Waals surface area (Å²) in [6.07, 6.45) is 2.99. The Morgan fingerprint density at radius 3 is 2.00 bits per heavy atom. The molecule has 0 nitrogen and oxygen atoms in total. The highest BCUT2D eigenvalue weighted by Gasteiger charge is 2.57. The predicted octanol–water partition coefficient (Wildman–Crippen LogP) is 4.35. The van der Waals surface area contributed by atoms with Gasteiger partial charge in [-0.05, 0) is 47.3 Å². The smallest absolute Gasteiger partial charge is 0.0295 e. The van der Waals surface area contributed by atoms with Gasteiger partial charge in [0.2, 0.25) is 0 Å². The Labute approximate surface area is 89.5 Å². The van der Waals surface area contributed by atoms with E-state index in [1.54, 1.807) is 0 Å². The van der Waals surface area contributed by atoms with Gasteiger partial charge in [0.05, 0.1) is 0 Å². The van der Waals surface area contributed by atoms with Crippen molar-refractivity contribution in [2.75, 3.05) is 0 Å². The second kappa shape index (κ2) is 2.77. The minimum Gasteiger partial charge on any atom is -0.0619 e. The first-order valence-electron chi connectivity index (χ1n) is 6.24. The molecule has 0 N–H and O–H groups in total. The van der Waals surface area contributed by atoms with Crippen molar-refractivity contribution in [3.8, 4) is 0 Å². The highest BCUT2D eigenvalue weighted by Crippen LogP contribution is 2.65. The van der Waals surface area contributed by atoms with Gasteiger partial charge in [0.15, 0.2) is 0 Å². The minimum absolute atomic E-state index is 0.521. The van der Waals surface area contributed by atoms with Crippen molar-refractivity contribution in [1.29, 1.82) is 0 Å². The van der Waals surface area contributed by atoms with E-state index in [1.165, 1.54) is 12.8 Å². The third kappa shape index (κ3) is 1.26. The zero-order valence-corrected chi connectivity index (χ0v) is 10.7. The molecule has 3 aliphatic carbocycles. The van der Waals surface area contributed by atoms with Crippen molar-refractivity contribution in [3.05, 3.63) is 0 Å². The maximum Gasteiger partial charge on any atom is -0.0295 e. The Balaban J connectivity index is 2.16. The molecule has 0 aromatic rings. The summed E-state index contributed by atoms with van der Waals surface area (Å²) >= 11 is 0. The Hall–Kier alpha value is 0. The normalized spacial score (nSPS) is 45.9. The van der Waals surface area contributed by atoms with Crippen molar-refractivity contribution < 1.29 is 0 Å². The summed E-state index contributed by atoms with van der Waals surface area (Å²) in [6, 6.07) is 0. The summed E-state index contributed by atoms with van der Waals surface area (Å²) in [5.74, 6) is 3.92. The summed E-state index contributed by atoms with van der Waals surface area (Å²) in [5, 5.41) is 0. The highest BCUT2D eigenvalue weighted by molar-refractivity contribution is 5.06. The first kappa shape index (κ1) is 10.5. The average Bonchev–Trinajstić information content (AvgIpc) is 2.01. The first-order chi connectivity index (χ1) is 6.24. The second-order valence-corrected chi connectivity index (χ2v) is 7.43. The van der Waals surface area contributed by atoms with Gasteiger partial charge in [0.25, 0.3) is 0 Å². The molecule has 3 aliphatic rings. The number of rotatable bonds is 0. The van der Waals surface area contributed by atoms with E-state index in [0.717, 1.165) is 23.7 Å². The lowest BCUT2D eigenvalue weighted by Gasteiger charge is -2.64. The van der Waals surface area contributed by atoms with E-state index in [4.69, 9.17) is 0 Å². The van der Waals surface area contributed by atoms with Gasteiger partial charge < -0.3 is 0 Å². The van der Waals surface area contributed by atoms with Gasteiger partial charge in [-0.3, -0.25) is 0 Å². The molecule has 0 saturated heterocycles. The van der Waals surface area contributed by atoms with E-state index in [-0.39, 0.29) is 0 Å². The van der Waals surface area contributed by atoms with E-state index < -0.39 is 0 Å². The van der Waals surface area contributed by atoms with Crippen molar-refractivity contribution in [2.24, 2.45) is 34.5 Å². The van der Waals surface area contributed by atoms with E-state index in [0.29, 0.717) is 10.8 Å². The lowest BCUT2D eigenvalue weighted by molar-refractivity contribution is -0.150. The quantitative estimate of drug-likeness (QED) is 0.538. The van der Waals surface area contributed by atoms with Crippen LogP contribution in [-0.2, 0) is 0 Å². The maximum absolute atomic E-state index is 2.50. The molecule has 4 atom stereocenters. The summed E-state index contributed by atoms with van der Waals surface area (Å²) in [6.45, 7) is 14.7. The first-order valence-corrected chi connectivity index (χ1v) is 6.24. The monoisotopic (exact) mass is 194 g/mol. The minimum atomic E-state index is 0.521. The van der Waals surface area contributed by atoms with Crippen LogP contribution in [0, 0.1) is 34.5 Å². The fourth-order valence-corrected chi connectivity index (χ4v) is 4.29. The third-order valence-corrected chi connectivity index (χ3v) is 5.47. The molecule has 0 amide bonds. The molecule has 3 saturated carbocycles. The van der Waals surface area contributed by atoms with E-state index >= 15 is 0 Å². The molecule has 14 heavy (non-hydrogen) atoms. The zero-order chi connectivity index (χ0) is 10.7. The van der Waals surface area contributed by atoms with E-state index in [2.05, 4.69) is 41.5 Å². The number of hydrogen-bond donors (Lipinski definition) is 0. The molecule has 0 spiro atoms. The molecule has 0 aromatic heterocycles. The Morgan fingerprint density at radius 2 is 1.64 bits per heavy atom. The van der Waals surface area contributed by atoms with Gasteiger partial charge >= 0.3 is 0 Å². The lowest BCUT2D eigenvalue weighted by atomic mass is 9.41. The van der Waals surface area contributed by atoms with E-state index in [1.807, 2.05) is 0 Å². The molecular weight excluding hydrogens is 168 g/mol. The van der Waals surface area contributed by atoms with Crippen molar-refractivity contribution in [1.82, 2.24) is 0 Å². The molecule has 82 valence electrons. The van der Waals surface area contributed by atoms with Crippen LogP contribution in [0.4, 0.5) is 0 Å². The van der Waals surface area contributed by atoms with Gasteiger partial charge in [-0.25, -0.2) is 0 Å². The maximum atomic E-state index is 2.50. The molecule has 0 aromatic carbocycles. The number of hydrogen-bond acceptors (Lipinski definition) is 0. The standard InChI is InChI=1S/C14H26/c1-9-11(13(2,3)4)7-10-8-12(9)14(10,5)6/h9-12H,7-8H2,1-6H3/t9-,10+,11?,12?/m1/s1. The second-order valence-electron chi connectivity index (χ2n) is 7.43. The summed E-state index contributed by atoms with van der Waals surface area (Å²) < 4.78 is 0. The van der Waals surface area contributed by atoms with Gasteiger partial charge in [-0.2, -0.15) is 0 Å². The van der Waals surface area contributed by atoms with Crippen LogP contribution in [0.2, 0.25) is 0 Å². The summed E-state index contributed by atoms with van der Waals surface area (Å²) in [5.41, 5.74) is 1.17. The molecule has 0 heteroatoms. The van der Waals surface area contributed by atoms with Gasteiger partial charge in [0, 0.05) is 0 Å². The summed E-state index contributed by atoms with van der Waals surface area (Å²) in [7, 11) is 0. The van der Waals surface area contributed by atoms with Gasteiger partial charge in [-0.15, -0.1) is 0 Å². The zero-order valence-electron chi connectivity index (χ0n) is 10.7. The molecule has 3 fully saturated rings. The largest absolute Gasteiger partial charge is 0.0619 e. The van der Waals surface area contributed by atoms with Crippen LogP contribution >= 0.6 is 0 Å². The lowest BCUT2D eigenvalue weighted by Crippen LogP contribution is -2.57. The van der Waals surface area contributed by atoms with Crippen molar-refractivity contribution in [3.63, 3.8) is 0 Å². The Morgan fingerprint density at radius 1 is 1.07 bits per heavy atom. The SMILES string of the molecule is C[C@@H]1C(C(C)(C)C)C[C@H]2CC1C2(C)C. The van der Waals surface area contributed by atoms with Crippen LogP contribution in [-0.4, -0.2) is 0 Å². The molecule has 0 aliphatic heterocycles. The molecule has 0 heterocycles. The molecule has 0 radical (unpaired) electrons. The molecule has 3 rings (SSSR count). The van der Waals surface area contributed by atoms with Crippen LogP contribution in [0.25, 0.3) is 0 Å². The predicted molar refractivity (Wildman–Crippen MR) is 62.1 cm³/mol. The molecule has 2 bridgehead atoms. The average molecular weight is 194 g/mol. The Kier molecular flexibility index (Phi) is 2.08. The van der Waals surface area contributed by atoms with E-state index in [9.17, 15) is 0 Å². The van der Waals surface area contributed by atoms with Crippen molar-refractivity contribution >= 4 is 0 Å². The van der Waals surface area contributed by atoms with Gasteiger partial charge in [-0.1, -0.05) is 41.5 Å². The van der Waals surface area contributed by atoms with Crippen LogP contribution in [0.1, 0.15) is 54.4 Å². The third-order valence-electron chi connectivity index (χ3n) is 5.47. The van der Waals surface area contributed by atoms with Crippen LogP contribution in [0.5, 0.6) is 0 Å².